The molecule has 0 aliphatic heterocycles. The summed E-state index contributed by atoms with van der Waals surface area (Å²) < 4.78 is 4.76. The highest BCUT2D eigenvalue weighted by atomic mass is 16.5. The Bertz CT molecular complexity index is 541. The lowest BCUT2D eigenvalue weighted by Crippen LogP contribution is -2.16. The second-order valence-electron chi connectivity index (χ2n) is 4.07. The highest BCUT2D eigenvalue weighted by Crippen LogP contribution is 2.10. The molecule has 98 valence electrons. The van der Waals surface area contributed by atoms with Gasteiger partial charge in [0.05, 0.1) is 18.4 Å². The number of hydrogen-bond acceptors (Lipinski definition) is 4. The molecule has 4 heteroatoms. The Balaban J connectivity index is 1.98. The smallest absolute Gasteiger partial charge is 0.338 e. The molecule has 2 rings (SSSR count). The van der Waals surface area contributed by atoms with E-state index < -0.39 is 0 Å². The van der Waals surface area contributed by atoms with Gasteiger partial charge in [0.25, 0.3) is 0 Å². The average Bonchev–Trinajstić information content (AvgIpc) is 2.48. The van der Waals surface area contributed by atoms with Crippen molar-refractivity contribution in [3.05, 3.63) is 65.5 Å². The number of pyridine rings is 1. The summed E-state index contributed by atoms with van der Waals surface area (Å²) in [6, 6.07) is 13.2. The van der Waals surface area contributed by atoms with Crippen LogP contribution < -0.4 is 5.32 Å². The zero-order chi connectivity index (χ0) is 13.5. The maximum absolute atomic E-state index is 11.6. The minimum atomic E-state index is -0.310. The third-order valence-corrected chi connectivity index (χ3v) is 2.77. The predicted octanol–water partition coefficient (Wildman–Crippen LogP) is 2.16. The summed E-state index contributed by atoms with van der Waals surface area (Å²) in [6.45, 7) is 1.26. The van der Waals surface area contributed by atoms with Gasteiger partial charge in [-0.3, -0.25) is 4.98 Å². The first-order chi connectivity index (χ1) is 9.31. The molecule has 2 aromatic rings. The van der Waals surface area contributed by atoms with E-state index in [1.807, 2.05) is 36.4 Å². The minimum Gasteiger partial charge on any atom is -0.465 e. The van der Waals surface area contributed by atoms with Gasteiger partial charge in [0.2, 0.25) is 0 Å². The maximum Gasteiger partial charge on any atom is 0.338 e. The number of rotatable bonds is 5. The summed E-state index contributed by atoms with van der Waals surface area (Å²) in [6.07, 6.45) is 1.76. The molecule has 1 N–H and O–H groups in total. The molecular formula is C15H16N2O2. The van der Waals surface area contributed by atoms with Gasteiger partial charge in [0.15, 0.2) is 0 Å². The van der Waals surface area contributed by atoms with Crippen molar-refractivity contribution in [2.75, 3.05) is 7.11 Å². The highest BCUT2D eigenvalue weighted by molar-refractivity contribution is 5.90. The SMILES string of the molecule is COC(=O)c1ccccc1CNCc1ccccn1. The Hall–Kier alpha value is -2.20. The second-order valence-corrected chi connectivity index (χ2v) is 4.07. The molecule has 1 aromatic heterocycles. The fourth-order valence-corrected chi connectivity index (χ4v) is 1.81. The van der Waals surface area contributed by atoms with E-state index >= 15 is 0 Å². The molecule has 0 aliphatic rings. The van der Waals surface area contributed by atoms with Gasteiger partial charge >= 0.3 is 5.97 Å². The zero-order valence-electron chi connectivity index (χ0n) is 10.8. The van der Waals surface area contributed by atoms with Crippen LogP contribution in [0.2, 0.25) is 0 Å². The lowest BCUT2D eigenvalue weighted by molar-refractivity contribution is 0.0599. The van der Waals surface area contributed by atoms with E-state index in [0.717, 1.165) is 11.3 Å². The molecule has 4 nitrogen and oxygen atoms in total. The largest absolute Gasteiger partial charge is 0.465 e. The number of esters is 1. The molecule has 0 saturated carbocycles. The molecule has 1 aromatic carbocycles. The molecule has 0 radical (unpaired) electrons. The molecule has 0 aliphatic carbocycles. The van der Waals surface area contributed by atoms with E-state index in [0.29, 0.717) is 18.7 Å². The lowest BCUT2D eigenvalue weighted by Gasteiger charge is -2.08. The van der Waals surface area contributed by atoms with Crippen LogP contribution in [0.3, 0.4) is 0 Å². The van der Waals surface area contributed by atoms with Crippen LogP contribution in [0.1, 0.15) is 21.6 Å². The van der Waals surface area contributed by atoms with E-state index in [1.54, 1.807) is 12.3 Å². The van der Waals surface area contributed by atoms with Gasteiger partial charge < -0.3 is 10.1 Å². The Morgan fingerprint density at radius 3 is 2.68 bits per heavy atom. The van der Waals surface area contributed by atoms with Crippen LogP contribution in [0.4, 0.5) is 0 Å². The first kappa shape index (κ1) is 13.2. The average molecular weight is 256 g/mol. The highest BCUT2D eigenvalue weighted by Gasteiger charge is 2.10. The number of hydrogen-bond donors (Lipinski definition) is 1. The molecule has 0 amide bonds. The fraction of sp³-hybridized carbons (Fsp3) is 0.200. The summed E-state index contributed by atoms with van der Waals surface area (Å²) in [5, 5.41) is 3.27. The first-order valence-electron chi connectivity index (χ1n) is 6.08. The van der Waals surface area contributed by atoms with Gasteiger partial charge in [-0.25, -0.2) is 4.79 Å². The molecule has 0 bridgehead atoms. The van der Waals surface area contributed by atoms with Crippen molar-refractivity contribution in [1.29, 1.82) is 0 Å². The summed E-state index contributed by atoms with van der Waals surface area (Å²) in [7, 11) is 1.39. The van der Waals surface area contributed by atoms with Crippen molar-refractivity contribution < 1.29 is 9.53 Å². The topological polar surface area (TPSA) is 51.2 Å². The van der Waals surface area contributed by atoms with Crippen LogP contribution in [0, 0.1) is 0 Å². The van der Waals surface area contributed by atoms with Crippen LogP contribution in [0.25, 0.3) is 0 Å². The molecule has 0 spiro atoms. The Morgan fingerprint density at radius 1 is 1.16 bits per heavy atom. The quantitative estimate of drug-likeness (QED) is 0.833. The third kappa shape index (κ3) is 3.63. The van der Waals surface area contributed by atoms with E-state index in [4.69, 9.17) is 4.74 Å². The third-order valence-electron chi connectivity index (χ3n) is 2.77. The number of methoxy groups -OCH3 is 1. The Kier molecular flexibility index (Phi) is 4.64. The second kappa shape index (κ2) is 6.66. The van der Waals surface area contributed by atoms with Crippen molar-refractivity contribution >= 4 is 5.97 Å². The first-order valence-corrected chi connectivity index (χ1v) is 6.08. The van der Waals surface area contributed by atoms with E-state index in [2.05, 4.69) is 10.3 Å². The van der Waals surface area contributed by atoms with Crippen molar-refractivity contribution in [3.8, 4) is 0 Å². The monoisotopic (exact) mass is 256 g/mol. The molecule has 0 atom stereocenters. The van der Waals surface area contributed by atoms with E-state index in [1.165, 1.54) is 7.11 Å². The molecular weight excluding hydrogens is 240 g/mol. The van der Waals surface area contributed by atoms with Crippen molar-refractivity contribution in [3.63, 3.8) is 0 Å². The van der Waals surface area contributed by atoms with Gasteiger partial charge in [-0.05, 0) is 23.8 Å². The van der Waals surface area contributed by atoms with Crippen molar-refractivity contribution in [2.45, 2.75) is 13.1 Å². The standard InChI is InChI=1S/C15H16N2O2/c1-19-15(18)14-8-3-2-6-12(14)10-16-11-13-7-4-5-9-17-13/h2-9,16H,10-11H2,1H3. The van der Waals surface area contributed by atoms with Gasteiger partial charge in [-0.1, -0.05) is 24.3 Å². The number of carbonyl (C=O) groups is 1. The summed E-state index contributed by atoms with van der Waals surface area (Å²) in [5.41, 5.74) is 2.49. The van der Waals surface area contributed by atoms with Gasteiger partial charge in [0.1, 0.15) is 0 Å². The van der Waals surface area contributed by atoms with Crippen molar-refractivity contribution in [1.82, 2.24) is 10.3 Å². The summed E-state index contributed by atoms with van der Waals surface area (Å²) >= 11 is 0. The number of nitrogens with zero attached hydrogens (tertiary/aromatic N) is 1. The van der Waals surface area contributed by atoms with Gasteiger partial charge in [-0.15, -0.1) is 0 Å². The number of ether oxygens (including phenoxy) is 1. The molecule has 0 saturated heterocycles. The van der Waals surface area contributed by atoms with Gasteiger partial charge in [-0.2, -0.15) is 0 Å². The van der Waals surface area contributed by atoms with Crippen molar-refractivity contribution in [2.24, 2.45) is 0 Å². The lowest BCUT2D eigenvalue weighted by atomic mass is 10.1. The molecule has 0 unspecified atom stereocenters. The van der Waals surface area contributed by atoms with E-state index in [-0.39, 0.29) is 5.97 Å². The number of carbonyl (C=O) groups excluding carboxylic acids is 1. The number of nitrogens with one attached hydrogen (secondary N) is 1. The van der Waals surface area contributed by atoms with Crippen LogP contribution in [-0.4, -0.2) is 18.1 Å². The Labute approximate surface area is 112 Å². The molecule has 19 heavy (non-hydrogen) atoms. The zero-order valence-corrected chi connectivity index (χ0v) is 10.8. The van der Waals surface area contributed by atoms with Crippen LogP contribution in [-0.2, 0) is 17.8 Å². The van der Waals surface area contributed by atoms with E-state index in [9.17, 15) is 4.79 Å². The number of benzene rings is 1. The van der Waals surface area contributed by atoms with Crippen LogP contribution in [0.5, 0.6) is 0 Å². The predicted molar refractivity (Wildman–Crippen MR) is 72.6 cm³/mol. The van der Waals surface area contributed by atoms with Gasteiger partial charge in [0, 0.05) is 19.3 Å². The maximum atomic E-state index is 11.6. The normalized spacial score (nSPS) is 10.2. The van der Waals surface area contributed by atoms with Crippen LogP contribution in [0.15, 0.2) is 48.7 Å². The number of aromatic nitrogens is 1. The molecule has 1 heterocycles. The minimum absolute atomic E-state index is 0.310. The van der Waals surface area contributed by atoms with Crippen LogP contribution >= 0.6 is 0 Å². The summed E-state index contributed by atoms with van der Waals surface area (Å²) in [5.74, 6) is -0.310. The summed E-state index contributed by atoms with van der Waals surface area (Å²) in [4.78, 5) is 15.8. The fourth-order valence-electron chi connectivity index (χ4n) is 1.81. The Morgan fingerprint density at radius 2 is 1.95 bits per heavy atom. The molecule has 0 fully saturated rings.